The molecule has 11 heteroatoms. The number of ketones is 1. The number of ether oxygens (including phenoxy) is 2. The molecule has 2 aromatic rings. The number of esters is 2. The minimum Gasteiger partial charge on any atom is -0.664 e. The zero-order chi connectivity index (χ0) is 47.3. The molecule has 5 heterocycles. The molecule has 6 atom stereocenters. The monoisotopic (exact) mass is 910 g/mol. The molecule has 1 unspecified atom stereocenters. The summed E-state index contributed by atoms with van der Waals surface area (Å²) in [5, 5.41) is 20.8. The third-order valence-electron chi connectivity index (χ3n) is 14.5. The van der Waals surface area contributed by atoms with E-state index in [4.69, 9.17) is 24.8 Å². The Morgan fingerprint density at radius 3 is 2.21 bits per heavy atom. The number of Topliss-reactive ketones (excluding diaryl/α,β-unsaturated/α-hetero) is 1. The molecule has 1 aliphatic carbocycles. The molecule has 0 spiro atoms. The van der Waals surface area contributed by atoms with Crippen molar-refractivity contribution in [3.63, 3.8) is 0 Å². The third kappa shape index (κ3) is 11.4. The van der Waals surface area contributed by atoms with E-state index in [1.807, 2.05) is 52.0 Å². The second-order valence-electron chi connectivity index (χ2n) is 19.7. The summed E-state index contributed by atoms with van der Waals surface area (Å²) in [6.07, 6.45) is 21.6. The summed E-state index contributed by atoms with van der Waals surface area (Å²) in [4.78, 5) is 51.5. The van der Waals surface area contributed by atoms with E-state index in [0.29, 0.717) is 80.3 Å². The van der Waals surface area contributed by atoms with Gasteiger partial charge in [-0.05, 0) is 101 Å². The van der Waals surface area contributed by atoms with E-state index in [-0.39, 0.29) is 53.0 Å². The summed E-state index contributed by atoms with van der Waals surface area (Å²) in [5.41, 5.74) is 9.21. The largest absolute Gasteiger partial charge is 2.00 e. The molecule has 8 bridgehead atoms. The molecular weight excluding hydrogens is 837 g/mol. The number of methoxy groups -OCH3 is 1. The van der Waals surface area contributed by atoms with Crippen LogP contribution in [-0.4, -0.2) is 54.5 Å². The molecule has 1 N–H and O–H groups in total. The normalized spacial score (nSPS) is 24.0. The molecule has 4 aliphatic rings. The standard InChI is InChI=1S/C55H74N4O6.Mg/c1-13-39-35(8)43-30-47-40(14-2)37(10)46(59(47)63)29-44-36(9)41(52(57-44)50-51(55(62)64-12)54(61)49-38(11)42(58-53(49)50)28-45(39)56-43)24-25-48(60)65-27-26-34(7)23-17-22-33(6)21-16-20-32(5)19-15-18-31(3)4;/h14,26,28-33,36,41,51,59H,2,13,15-25,27H2,1,3-12H3,(H-,57,58,61);/q-2;+2/p-1/b34-26+,43-30-,44-29-,45-28-;/t32-,33-,36+,41+,51-;/m1./s1. The molecule has 0 radical (unpaired) electrons. The molecule has 0 saturated carbocycles. The van der Waals surface area contributed by atoms with E-state index >= 15 is 0 Å². The van der Waals surface area contributed by atoms with Gasteiger partial charge in [-0.25, -0.2) is 0 Å². The van der Waals surface area contributed by atoms with Gasteiger partial charge in [0, 0.05) is 23.1 Å². The van der Waals surface area contributed by atoms with Gasteiger partial charge < -0.3 is 35.0 Å². The maximum absolute atomic E-state index is 14.4. The summed E-state index contributed by atoms with van der Waals surface area (Å²) >= 11 is 0. The van der Waals surface area contributed by atoms with Gasteiger partial charge in [-0.2, -0.15) is 11.4 Å². The summed E-state index contributed by atoms with van der Waals surface area (Å²) in [6.45, 7) is 25.6. The molecule has 0 aromatic carbocycles. The van der Waals surface area contributed by atoms with Crippen molar-refractivity contribution in [3.05, 3.63) is 119 Å². The first-order valence-corrected chi connectivity index (χ1v) is 24.3. The molecule has 1 saturated heterocycles. The minimum atomic E-state index is -1.27. The fraction of sp³-hybridized carbons (Fsp3) is 0.545. The Morgan fingerprint density at radius 2 is 1.58 bits per heavy atom. The second-order valence-corrected chi connectivity index (χ2v) is 19.7. The summed E-state index contributed by atoms with van der Waals surface area (Å²) in [7, 11) is 1.27. The van der Waals surface area contributed by atoms with E-state index in [9.17, 15) is 19.6 Å². The Kier molecular flexibility index (Phi) is 18.6. The van der Waals surface area contributed by atoms with E-state index in [2.05, 4.69) is 48.1 Å². The number of hydrogen-bond donors (Lipinski definition) is 1. The van der Waals surface area contributed by atoms with Gasteiger partial charge in [-0.15, -0.1) is 22.1 Å². The van der Waals surface area contributed by atoms with Crippen LogP contribution in [0.2, 0.25) is 0 Å². The Labute approximate surface area is 410 Å². The van der Waals surface area contributed by atoms with E-state index in [1.165, 1.54) is 57.6 Å². The number of allylic oxidation sites excluding steroid dienone is 8. The quantitative estimate of drug-likeness (QED) is 0.0457. The number of nitrogens with zero attached hydrogens (tertiary/aromatic N) is 3. The molecular formula is C55H73MgN4O6-. The van der Waals surface area contributed by atoms with Crippen molar-refractivity contribution in [2.45, 2.75) is 146 Å². The molecule has 2 aromatic heterocycles. The third-order valence-corrected chi connectivity index (χ3v) is 14.5. The van der Waals surface area contributed by atoms with Crippen LogP contribution < -0.4 is 25.7 Å². The Hall–Kier alpha value is -4.16. The van der Waals surface area contributed by atoms with Gasteiger partial charge in [-0.3, -0.25) is 14.4 Å². The Balaban J connectivity index is 0.00000817. The van der Waals surface area contributed by atoms with Crippen LogP contribution in [-0.2, 0) is 25.5 Å². The van der Waals surface area contributed by atoms with Crippen LogP contribution in [0.5, 0.6) is 0 Å². The van der Waals surface area contributed by atoms with Gasteiger partial charge in [0.05, 0.1) is 7.11 Å². The van der Waals surface area contributed by atoms with Gasteiger partial charge in [0.15, 0.2) is 5.78 Å². The number of quaternary nitrogens is 1. The predicted molar refractivity (Wildman–Crippen MR) is 265 cm³/mol. The number of hydrogen-bond acceptors (Lipinski definition) is 6. The number of hydroxylamine groups is 2. The Bertz CT molecular complexity index is 2460. The van der Waals surface area contributed by atoms with E-state index in [0.717, 1.165) is 47.0 Å². The molecule has 6 rings (SSSR count). The molecule has 3 aliphatic heterocycles. The van der Waals surface area contributed by atoms with Crippen molar-refractivity contribution in [1.82, 2.24) is 9.97 Å². The second kappa shape index (κ2) is 23.2. The van der Waals surface area contributed by atoms with Crippen LogP contribution in [0, 0.1) is 54.6 Å². The molecule has 1 fully saturated rings. The van der Waals surface area contributed by atoms with Gasteiger partial charge in [0.2, 0.25) is 0 Å². The van der Waals surface area contributed by atoms with Crippen LogP contribution in [0.15, 0.2) is 64.3 Å². The van der Waals surface area contributed by atoms with Crippen LogP contribution in [0.3, 0.4) is 0 Å². The maximum atomic E-state index is 14.4. The average molecular weight is 911 g/mol. The Morgan fingerprint density at radius 1 is 0.909 bits per heavy atom. The van der Waals surface area contributed by atoms with Crippen molar-refractivity contribution >= 4 is 58.5 Å². The first-order chi connectivity index (χ1) is 31.0. The fourth-order valence-corrected chi connectivity index (χ4v) is 10.3. The van der Waals surface area contributed by atoms with Crippen LogP contribution in [0.4, 0.5) is 0 Å². The number of fused-ring (bicyclic) bond motifs is 7. The topological polar surface area (TPSA) is 139 Å². The van der Waals surface area contributed by atoms with Crippen molar-refractivity contribution in [2.24, 2.45) is 35.5 Å². The van der Waals surface area contributed by atoms with Crippen molar-refractivity contribution in [1.29, 1.82) is 0 Å². The zero-order valence-corrected chi connectivity index (χ0v) is 43.2. The molecule has 10 nitrogen and oxygen atoms in total. The summed E-state index contributed by atoms with van der Waals surface area (Å²) < 4.78 is 11.0. The van der Waals surface area contributed by atoms with Gasteiger partial charge >= 0.3 is 35.0 Å². The molecule has 352 valence electrons. The minimum absolute atomic E-state index is 0. The van der Waals surface area contributed by atoms with E-state index in [1.54, 1.807) is 6.08 Å². The molecule has 66 heavy (non-hydrogen) atoms. The van der Waals surface area contributed by atoms with Gasteiger partial charge in [0.1, 0.15) is 23.9 Å². The summed E-state index contributed by atoms with van der Waals surface area (Å²) in [6, 6.07) is 0. The van der Waals surface area contributed by atoms with Gasteiger partial charge in [0.25, 0.3) is 0 Å². The fourth-order valence-electron chi connectivity index (χ4n) is 10.3. The number of nitrogens with one attached hydrogen (secondary N) is 1. The van der Waals surface area contributed by atoms with E-state index < -0.39 is 23.6 Å². The van der Waals surface area contributed by atoms with Crippen molar-refractivity contribution < 1.29 is 28.9 Å². The molecule has 0 amide bonds. The zero-order valence-electron chi connectivity index (χ0n) is 41.7. The first-order valence-electron chi connectivity index (χ1n) is 24.3. The van der Waals surface area contributed by atoms with Gasteiger partial charge in [-0.1, -0.05) is 133 Å². The summed E-state index contributed by atoms with van der Waals surface area (Å²) in [5.74, 6) is -1.08. The predicted octanol–water partition coefficient (Wildman–Crippen LogP) is 9.06. The van der Waals surface area contributed by atoms with Crippen LogP contribution in [0.25, 0.3) is 23.0 Å². The number of rotatable bonds is 20. The van der Waals surface area contributed by atoms with Crippen LogP contribution in [0.1, 0.15) is 164 Å². The first kappa shape index (κ1) is 52.8. The smallest absolute Gasteiger partial charge is 0.664 e. The van der Waals surface area contributed by atoms with Crippen molar-refractivity contribution in [2.75, 3.05) is 13.7 Å². The number of carbonyl (C=O) groups is 3. The maximum Gasteiger partial charge on any atom is 2.00 e. The SMILES string of the molecule is C=CC1=C2/C=c3\[n-]/c(c(CC)c3C)=C\c3[n-]c4c(c3C)C(=O)[C@H](C(=O)OC)/C4=C3/[N-]/C(=C\C(=C1C)[NH+]2[O-])[C@@H](C)[C@@H]3CCC(=O)OC/C=C(\C)CCC[C@H](C)CCC[C@H](C)CCCC(C)C.[Mg+2]. The number of aromatic nitrogens is 2. The van der Waals surface area contributed by atoms with Crippen LogP contribution >= 0.6 is 0 Å². The van der Waals surface area contributed by atoms with Crippen molar-refractivity contribution in [3.8, 4) is 0 Å². The number of carbonyl (C=O) groups excluding carboxylic acids is 3. The average Bonchev–Trinajstić information content (AvgIpc) is 3.99.